The lowest BCUT2D eigenvalue weighted by atomic mass is 10.0. The van der Waals surface area contributed by atoms with Gasteiger partial charge in [-0.25, -0.2) is 0 Å². The van der Waals surface area contributed by atoms with Crippen LogP contribution in [0.5, 0.6) is 0 Å². The van der Waals surface area contributed by atoms with E-state index >= 15 is 0 Å². The fourth-order valence-corrected chi connectivity index (χ4v) is 4.47. The molecular formula is C24H25ClN4O5. The summed E-state index contributed by atoms with van der Waals surface area (Å²) in [5, 5.41) is 22.9. The number of amides is 1. The zero-order valence-electron chi connectivity index (χ0n) is 18.3. The van der Waals surface area contributed by atoms with E-state index < -0.39 is 23.9 Å². The van der Waals surface area contributed by atoms with Crippen LogP contribution in [0.25, 0.3) is 10.9 Å². The number of fused-ring (bicyclic) bond motifs is 1. The lowest BCUT2D eigenvalue weighted by molar-refractivity contribution is -0.143. The zero-order chi connectivity index (χ0) is 24.2. The fourth-order valence-electron chi connectivity index (χ4n) is 4.29. The average Bonchev–Trinajstić information content (AvgIpc) is 3.21. The molecule has 9 nitrogen and oxygen atoms in total. The topological polar surface area (TPSA) is 126 Å². The summed E-state index contributed by atoms with van der Waals surface area (Å²) in [7, 11) is 0. The highest BCUT2D eigenvalue weighted by Gasteiger charge is 2.32. The Hall–Kier alpha value is -3.56. The van der Waals surface area contributed by atoms with Crippen molar-refractivity contribution in [2.45, 2.75) is 18.9 Å². The summed E-state index contributed by atoms with van der Waals surface area (Å²) in [6.07, 6.45) is 1.30. The van der Waals surface area contributed by atoms with Crippen molar-refractivity contribution in [3.8, 4) is 0 Å². The molecule has 178 valence electrons. The Labute approximate surface area is 200 Å². The van der Waals surface area contributed by atoms with Gasteiger partial charge in [-0.2, -0.15) is 0 Å². The van der Waals surface area contributed by atoms with Crippen LogP contribution in [-0.4, -0.2) is 64.1 Å². The number of hydrogen-bond acceptors (Lipinski definition) is 5. The van der Waals surface area contributed by atoms with Crippen LogP contribution in [0.1, 0.15) is 24.4 Å². The highest BCUT2D eigenvalue weighted by atomic mass is 35.5. The minimum absolute atomic E-state index is 0.137. The SMILES string of the molecule is O=C(O)CCC(=O)Nc1ccc2[nH]cc(C(C(=O)O)N3CCN(c4cccc(Cl)c4)CC3)c2c1. The van der Waals surface area contributed by atoms with Crippen LogP contribution in [0.3, 0.4) is 0 Å². The van der Waals surface area contributed by atoms with E-state index in [1.54, 1.807) is 24.4 Å². The number of aromatic nitrogens is 1. The third-order valence-corrected chi connectivity index (χ3v) is 6.18. The molecule has 1 fully saturated rings. The molecule has 1 aliphatic heterocycles. The van der Waals surface area contributed by atoms with E-state index in [-0.39, 0.29) is 12.8 Å². The van der Waals surface area contributed by atoms with Gasteiger partial charge in [0, 0.05) is 71.7 Å². The number of anilines is 2. The molecule has 1 saturated heterocycles. The first-order valence-electron chi connectivity index (χ1n) is 10.9. The Morgan fingerprint density at radius 2 is 1.79 bits per heavy atom. The number of carboxylic acid groups (broad SMARTS) is 2. The Balaban J connectivity index is 1.52. The van der Waals surface area contributed by atoms with E-state index in [0.29, 0.717) is 47.8 Å². The third kappa shape index (κ3) is 5.32. The molecule has 0 spiro atoms. The first-order chi connectivity index (χ1) is 16.3. The van der Waals surface area contributed by atoms with E-state index in [1.165, 1.54) is 0 Å². The molecule has 1 amide bonds. The highest BCUT2D eigenvalue weighted by molar-refractivity contribution is 6.30. The van der Waals surface area contributed by atoms with Gasteiger partial charge in [0.05, 0.1) is 6.42 Å². The number of hydrogen-bond donors (Lipinski definition) is 4. The molecule has 10 heteroatoms. The molecule has 1 aromatic heterocycles. The van der Waals surface area contributed by atoms with Crippen molar-refractivity contribution < 1.29 is 24.6 Å². The molecule has 2 aromatic carbocycles. The smallest absolute Gasteiger partial charge is 0.325 e. The normalized spacial score (nSPS) is 15.3. The molecule has 0 saturated carbocycles. The number of nitrogens with one attached hydrogen (secondary N) is 2. The Kier molecular flexibility index (Phi) is 7.04. The van der Waals surface area contributed by atoms with E-state index in [9.17, 15) is 19.5 Å². The van der Waals surface area contributed by atoms with Crippen LogP contribution in [0.4, 0.5) is 11.4 Å². The summed E-state index contributed by atoms with van der Waals surface area (Å²) >= 11 is 6.11. The van der Waals surface area contributed by atoms with Crippen molar-refractivity contribution in [1.29, 1.82) is 0 Å². The summed E-state index contributed by atoms with van der Waals surface area (Å²) in [5.41, 5.74) is 2.86. The van der Waals surface area contributed by atoms with E-state index in [4.69, 9.17) is 16.7 Å². The molecule has 2 heterocycles. The number of carbonyl (C=O) groups is 3. The van der Waals surface area contributed by atoms with Crippen molar-refractivity contribution in [1.82, 2.24) is 9.88 Å². The maximum Gasteiger partial charge on any atom is 0.325 e. The zero-order valence-corrected chi connectivity index (χ0v) is 19.1. The van der Waals surface area contributed by atoms with Gasteiger partial charge in [-0.15, -0.1) is 0 Å². The number of aliphatic carboxylic acids is 2. The van der Waals surface area contributed by atoms with Crippen molar-refractivity contribution in [3.63, 3.8) is 0 Å². The summed E-state index contributed by atoms with van der Waals surface area (Å²) in [6.45, 7) is 2.44. The predicted octanol–water partition coefficient (Wildman–Crippen LogP) is 3.57. The first kappa shape index (κ1) is 23.6. The van der Waals surface area contributed by atoms with Crippen molar-refractivity contribution in [2.24, 2.45) is 0 Å². The van der Waals surface area contributed by atoms with Gasteiger partial charge in [-0.3, -0.25) is 19.3 Å². The second-order valence-electron chi connectivity index (χ2n) is 8.19. The van der Waals surface area contributed by atoms with Gasteiger partial charge in [-0.05, 0) is 36.4 Å². The van der Waals surface area contributed by atoms with Crippen molar-refractivity contribution in [2.75, 3.05) is 36.4 Å². The number of nitrogens with zero attached hydrogens (tertiary/aromatic N) is 2. The van der Waals surface area contributed by atoms with Gasteiger partial charge in [0.15, 0.2) is 0 Å². The summed E-state index contributed by atoms with van der Waals surface area (Å²) in [5.74, 6) is -2.41. The quantitative estimate of drug-likeness (QED) is 0.385. The van der Waals surface area contributed by atoms with Crippen LogP contribution in [0.2, 0.25) is 5.02 Å². The van der Waals surface area contributed by atoms with E-state index in [2.05, 4.69) is 15.2 Å². The maximum absolute atomic E-state index is 12.3. The molecule has 1 atom stereocenters. The molecule has 1 aliphatic rings. The largest absolute Gasteiger partial charge is 0.481 e. The van der Waals surface area contributed by atoms with Crippen molar-refractivity contribution >= 4 is 51.7 Å². The minimum Gasteiger partial charge on any atom is -0.481 e. The summed E-state index contributed by atoms with van der Waals surface area (Å²) in [4.78, 5) is 42.3. The maximum atomic E-state index is 12.3. The second-order valence-corrected chi connectivity index (χ2v) is 8.63. The number of carboxylic acids is 2. The molecule has 34 heavy (non-hydrogen) atoms. The van der Waals surface area contributed by atoms with Crippen LogP contribution in [0.15, 0.2) is 48.7 Å². The monoisotopic (exact) mass is 484 g/mol. The fraction of sp³-hybridized carbons (Fsp3) is 0.292. The molecule has 4 rings (SSSR count). The van der Waals surface area contributed by atoms with Gasteiger partial charge in [0.2, 0.25) is 5.91 Å². The highest BCUT2D eigenvalue weighted by Crippen LogP contribution is 2.32. The molecule has 0 radical (unpaired) electrons. The van der Waals surface area contributed by atoms with Gasteiger partial charge < -0.3 is 25.4 Å². The number of carbonyl (C=O) groups excluding carboxylic acids is 1. The van der Waals surface area contributed by atoms with Crippen LogP contribution < -0.4 is 10.2 Å². The molecule has 1 unspecified atom stereocenters. The number of rotatable bonds is 8. The van der Waals surface area contributed by atoms with Gasteiger partial charge >= 0.3 is 11.9 Å². The number of benzene rings is 2. The lowest BCUT2D eigenvalue weighted by Gasteiger charge is -2.38. The standard InChI is InChI=1S/C24H25ClN4O5/c25-15-2-1-3-17(12-15)28-8-10-29(11-9-28)23(24(33)34)19-14-26-20-5-4-16(13-18(19)20)27-21(30)6-7-22(31)32/h1-5,12-14,23,26H,6-11H2,(H,27,30)(H,31,32)(H,33,34). The van der Waals surface area contributed by atoms with Crippen molar-refractivity contribution in [3.05, 3.63) is 59.2 Å². The molecule has 4 N–H and O–H groups in total. The Morgan fingerprint density at radius 1 is 1.03 bits per heavy atom. The summed E-state index contributed by atoms with van der Waals surface area (Å²) in [6, 6.07) is 11.9. The predicted molar refractivity (Wildman–Crippen MR) is 129 cm³/mol. The Bertz CT molecular complexity index is 1220. The minimum atomic E-state index is -1.04. The number of halogens is 1. The first-order valence-corrected chi connectivity index (χ1v) is 11.3. The Morgan fingerprint density at radius 3 is 2.47 bits per heavy atom. The van der Waals surface area contributed by atoms with Gasteiger partial charge in [0.25, 0.3) is 0 Å². The number of aromatic amines is 1. The molecule has 3 aromatic rings. The number of H-pyrrole nitrogens is 1. The molecular weight excluding hydrogens is 460 g/mol. The van der Waals surface area contributed by atoms with Gasteiger partial charge in [0.1, 0.15) is 6.04 Å². The van der Waals surface area contributed by atoms with E-state index in [0.717, 1.165) is 11.2 Å². The van der Waals surface area contributed by atoms with Crippen LogP contribution in [-0.2, 0) is 14.4 Å². The van der Waals surface area contributed by atoms with Crippen LogP contribution in [0, 0.1) is 0 Å². The lowest BCUT2D eigenvalue weighted by Crippen LogP contribution is -2.49. The molecule has 0 bridgehead atoms. The second kappa shape index (κ2) is 10.1. The summed E-state index contributed by atoms with van der Waals surface area (Å²) < 4.78 is 0. The average molecular weight is 485 g/mol. The van der Waals surface area contributed by atoms with Gasteiger partial charge in [-0.1, -0.05) is 17.7 Å². The van der Waals surface area contributed by atoms with Crippen LogP contribution >= 0.6 is 11.6 Å². The molecule has 0 aliphatic carbocycles. The number of piperazine rings is 1. The van der Waals surface area contributed by atoms with E-state index in [1.807, 2.05) is 29.2 Å². The third-order valence-electron chi connectivity index (χ3n) is 5.94.